The summed E-state index contributed by atoms with van der Waals surface area (Å²) < 4.78 is 38.8. The molecule has 0 N–H and O–H groups in total. The van der Waals surface area contributed by atoms with Gasteiger partial charge in [0.05, 0.1) is 17.4 Å². The van der Waals surface area contributed by atoms with Crippen molar-refractivity contribution in [1.29, 1.82) is 0 Å². The van der Waals surface area contributed by atoms with Gasteiger partial charge in [0, 0.05) is 6.20 Å². The van der Waals surface area contributed by atoms with Gasteiger partial charge in [-0.25, -0.2) is 4.68 Å². The highest BCUT2D eigenvalue weighted by molar-refractivity contribution is 5.36. The molecule has 0 bridgehead atoms. The normalized spacial score (nSPS) is 11.8. The predicted octanol–water partition coefficient (Wildman–Crippen LogP) is 3.20. The van der Waals surface area contributed by atoms with E-state index < -0.39 is 11.7 Å². The highest BCUT2D eigenvalue weighted by Crippen LogP contribution is 2.30. The van der Waals surface area contributed by atoms with Gasteiger partial charge < -0.3 is 0 Å². The average Bonchev–Trinajstić information content (AvgIpc) is 2.64. The first kappa shape index (κ1) is 10.7. The van der Waals surface area contributed by atoms with Crippen LogP contribution in [0.5, 0.6) is 0 Å². The second kappa shape index (κ2) is 3.66. The Morgan fingerprint density at radius 2 is 2.00 bits per heavy atom. The van der Waals surface area contributed by atoms with Crippen LogP contribution < -0.4 is 0 Å². The zero-order valence-corrected chi connectivity index (χ0v) is 8.49. The maximum absolute atomic E-state index is 12.5. The van der Waals surface area contributed by atoms with E-state index in [2.05, 4.69) is 5.10 Å². The topological polar surface area (TPSA) is 17.8 Å². The standard InChI is InChI=1S/C11H9F3N2/c1-8-6-15-16(7-8)10-4-2-3-9(5-10)11(12,13)14/h2-7H,1H3. The van der Waals surface area contributed by atoms with Crippen LogP contribution >= 0.6 is 0 Å². The Kier molecular flexibility index (Phi) is 2.46. The predicted molar refractivity (Wildman–Crippen MR) is 53.3 cm³/mol. The molecule has 0 aliphatic heterocycles. The molecular weight excluding hydrogens is 217 g/mol. The van der Waals surface area contributed by atoms with Crippen molar-refractivity contribution in [1.82, 2.24) is 9.78 Å². The molecule has 0 spiro atoms. The van der Waals surface area contributed by atoms with Crippen LogP contribution in [-0.4, -0.2) is 9.78 Å². The molecule has 1 aromatic carbocycles. The molecule has 2 rings (SSSR count). The minimum absolute atomic E-state index is 0.405. The van der Waals surface area contributed by atoms with Crippen LogP contribution in [-0.2, 0) is 6.18 Å². The summed E-state index contributed by atoms with van der Waals surface area (Å²) in [5.74, 6) is 0. The van der Waals surface area contributed by atoms with Crippen molar-refractivity contribution < 1.29 is 13.2 Å². The van der Waals surface area contributed by atoms with E-state index in [4.69, 9.17) is 0 Å². The molecule has 0 aliphatic rings. The number of benzene rings is 1. The third-order valence-corrected chi connectivity index (χ3v) is 2.15. The minimum atomic E-state index is -4.32. The van der Waals surface area contributed by atoms with Crippen LogP contribution in [0.4, 0.5) is 13.2 Å². The molecule has 1 aromatic heterocycles. The van der Waals surface area contributed by atoms with E-state index in [-0.39, 0.29) is 0 Å². The largest absolute Gasteiger partial charge is 0.416 e. The van der Waals surface area contributed by atoms with Crippen molar-refractivity contribution in [2.45, 2.75) is 13.1 Å². The molecule has 0 amide bonds. The molecule has 0 radical (unpaired) electrons. The summed E-state index contributed by atoms with van der Waals surface area (Å²) in [4.78, 5) is 0. The Morgan fingerprint density at radius 1 is 1.25 bits per heavy atom. The van der Waals surface area contributed by atoms with Crippen molar-refractivity contribution in [3.8, 4) is 5.69 Å². The molecule has 0 fully saturated rings. The van der Waals surface area contributed by atoms with Crippen molar-refractivity contribution in [3.05, 3.63) is 47.8 Å². The first-order valence-corrected chi connectivity index (χ1v) is 4.66. The van der Waals surface area contributed by atoms with Gasteiger partial charge in [0.2, 0.25) is 0 Å². The molecule has 0 unspecified atom stereocenters. The molecule has 0 saturated heterocycles. The smallest absolute Gasteiger partial charge is 0.241 e. The lowest BCUT2D eigenvalue weighted by Crippen LogP contribution is -2.06. The highest BCUT2D eigenvalue weighted by Gasteiger charge is 2.30. The summed E-state index contributed by atoms with van der Waals surface area (Å²) in [5.41, 5.74) is 0.637. The third-order valence-electron chi connectivity index (χ3n) is 2.15. The highest BCUT2D eigenvalue weighted by atomic mass is 19.4. The monoisotopic (exact) mass is 226 g/mol. The number of nitrogens with zero attached hydrogens (tertiary/aromatic N) is 2. The van der Waals surface area contributed by atoms with E-state index in [0.29, 0.717) is 5.69 Å². The Labute approximate surface area is 90.3 Å². The van der Waals surface area contributed by atoms with E-state index in [9.17, 15) is 13.2 Å². The summed E-state index contributed by atoms with van der Waals surface area (Å²) in [5, 5.41) is 3.96. The first-order chi connectivity index (χ1) is 7.47. The van der Waals surface area contributed by atoms with E-state index in [0.717, 1.165) is 17.7 Å². The van der Waals surface area contributed by atoms with Gasteiger partial charge in [-0.05, 0) is 30.7 Å². The van der Waals surface area contributed by atoms with Crippen molar-refractivity contribution >= 4 is 0 Å². The molecule has 1 heterocycles. The lowest BCUT2D eigenvalue weighted by molar-refractivity contribution is -0.137. The second-order valence-electron chi connectivity index (χ2n) is 3.51. The Bertz CT molecular complexity index is 500. The van der Waals surface area contributed by atoms with Crippen LogP contribution in [0.15, 0.2) is 36.7 Å². The molecule has 0 aliphatic carbocycles. The van der Waals surface area contributed by atoms with Crippen LogP contribution in [0, 0.1) is 6.92 Å². The van der Waals surface area contributed by atoms with Crippen LogP contribution in [0.25, 0.3) is 5.69 Å². The molecule has 0 atom stereocenters. The van der Waals surface area contributed by atoms with Crippen LogP contribution in [0.3, 0.4) is 0 Å². The zero-order valence-electron chi connectivity index (χ0n) is 8.49. The molecule has 2 aromatic rings. The molecule has 5 heteroatoms. The van der Waals surface area contributed by atoms with Gasteiger partial charge in [-0.2, -0.15) is 18.3 Å². The van der Waals surface area contributed by atoms with Gasteiger partial charge in [-0.3, -0.25) is 0 Å². The fourth-order valence-electron chi connectivity index (χ4n) is 1.38. The summed E-state index contributed by atoms with van der Waals surface area (Å²) >= 11 is 0. The van der Waals surface area contributed by atoms with E-state index in [1.54, 1.807) is 18.5 Å². The number of alkyl halides is 3. The van der Waals surface area contributed by atoms with Crippen molar-refractivity contribution in [3.63, 3.8) is 0 Å². The molecular formula is C11H9F3N2. The molecule has 16 heavy (non-hydrogen) atoms. The van der Waals surface area contributed by atoms with Crippen molar-refractivity contribution in [2.24, 2.45) is 0 Å². The summed E-state index contributed by atoms with van der Waals surface area (Å²) in [6.07, 6.45) is -1.05. The van der Waals surface area contributed by atoms with E-state index in [1.165, 1.54) is 10.7 Å². The Morgan fingerprint density at radius 3 is 2.56 bits per heavy atom. The third kappa shape index (κ3) is 2.08. The lowest BCUT2D eigenvalue weighted by atomic mass is 10.2. The van der Waals surface area contributed by atoms with Crippen LogP contribution in [0.1, 0.15) is 11.1 Å². The fourth-order valence-corrected chi connectivity index (χ4v) is 1.38. The van der Waals surface area contributed by atoms with Gasteiger partial charge in [0.15, 0.2) is 0 Å². The van der Waals surface area contributed by atoms with Gasteiger partial charge >= 0.3 is 6.18 Å². The molecule has 0 saturated carbocycles. The Hall–Kier alpha value is -1.78. The molecule has 2 nitrogen and oxygen atoms in total. The number of aromatic nitrogens is 2. The summed E-state index contributed by atoms with van der Waals surface area (Å²) in [6.45, 7) is 1.83. The lowest BCUT2D eigenvalue weighted by Gasteiger charge is -2.08. The zero-order chi connectivity index (χ0) is 11.8. The number of hydrogen-bond acceptors (Lipinski definition) is 1. The van der Waals surface area contributed by atoms with E-state index >= 15 is 0 Å². The van der Waals surface area contributed by atoms with Gasteiger partial charge in [-0.15, -0.1) is 0 Å². The number of halogens is 3. The van der Waals surface area contributed by atoms with Gasteiger partial charge in [-0.1, -0.05) is 6.07 Å². The first-order valence-electron chi connectivity index (χ1n) is 4.66. The number of hydrogen-bond donors (Lipinski definition) is 0. The average molecular weight is 226 g/mol. The van der Waals surface area contributed by atoms with Gasteiger partial charge in [0.1, 0.15) is 0 Å². The van der Waals surface area contributed by atoms with Crippen LogP contribution in [0.2, 0.25) is 0 Å². The number of aryl methyl sites for hydroxylation is 1. The fraction of sp³-hybridized carbons (Fsp3) is 0.182. The maximum atomic E-state index is 12.5. The summed E-state index contributed by atoms with van der Waals surface area (Å²) in [7, 11) is 0. The van der Waals surface area contributed by atoms with Gasteiger partial charge in [0.25, 0.3) is 0 Å². The summed E-state index contributed by atoms with van der Waals surface area (Å²) in [6, 6.07) is 5.07. The maximum Gasteiger partial charge on any atom is 0.416 e. The quantitative estimate of drug-likeness (QED) is 0.730. The van der Waals surface area contributed by atoms with E-state index in [1.807, 2.05) is 6.92 Å². The minimum Gasteiger partial charge on any atom is -0.241 e. The SMILES string of the molecule is Cc1cnn(-c2cccc(C(F)(F)F)c2)c1. The second-order valence-corrected chi connectivity index (χ2v) is 3.51. The van der Waals surface area contributed by atoms with Crippen molar-refractivity contribution in [2.75, 3.05) is 0 Å². The molecule has 84 valence electrons. The Balaban J connectivity index is 2.44. The number of rotatable bonds is 1.